The number of fused-ring (bicyclic) bond motifs is 5. The second kappa shape index (κ2) is 8.22. The maximum absolute atomic E-state index is 11.7. The molecule has 2 nitrogen and oxygen atoms in total. The third-order valence-corrected chi connectivity index (χ3v) is 12.7. The molecular formula is C31H52O2. The molecule has 0 amide bonds. The van der Waals surface area contributed by atoms with E-state index >= 15 is 0 Å². The van der Waals surface area contributed by atoms with E-state index in [-0.39, 0.29) is 33.9 Å². The van der Waals surface area contributed by atoms with E-state index in [2.05, 4.69) is 61.6 Å². The van der Waals surface area contributed by atoms with Gasteiger partial charge in [0.2, 0.25) is 0 Å². The lowest BCUT2D eigenvalue weighted by Crippen LogP contribution is -2.65. The molecule has 0 spiro atoms. The Hall–Kier alpha value is -0.600. The Morgan fingerprint density at radius 1 is 0.909 bits per heavy atom. The first-order valence-corrected chi connectivity index (χ1v) is 13.9. The van der Waals surface area contributed by atoms with Crippen LogP contribution in [0.4, 0.5) is 0 Å². The summed E-state index contributed by atoms with van der Waals surface area (Å²) < 4.78 is 0. The maximum Gasteiger partial charge on any atom is 0.0607 e. The van der Waals surface area contributed by atoms with Crippen molar-refractivity contribution < 1.29 is 10.2 Å². The molecule has 4 rings (SSSR count). The molecule has 0 saturated heterocycles. The summed E-state index contributed by atoms with van der Waals surface area (Å²) in [5.74, 6) is 2.73. The second-order valence-corrected chi connectivity index (χ2v) is 14.2. The monoisotopic (exact) mass is 456 g/mol. The van der Waals surface area contributed by atoms with Crippen molar-refractivity contribution in [3.05, 3.63) is 24.3 Å². The summed E-state index contributed by atoms with van der Waals surface area (Å²) >= 11 is 0. The van der Waals surface area contributed by atoms with E-state index in [0.29, 0.717) is 29.6 Å². The van der Waals surface area contributed by atoms with Crippen LogP contribution in [0, 0.1) is 51.2 Å². The Morgan fingerprint density at radius 2 is 1.58 bits per heavy atom. The van der Waals surface area contributed by atoms with Crippen LogP contribution in [-0.2, 0) is 0 Å². The van der Waals surface area contributed by atoms with E-state index in [9.17, 15) is 10.2 Å². The zero-order valence-electron chi connectivity index (χ0n) is 22.7. The molecule has 33 heavy (non-hydrogen) atoms. The van der Waals surface area contributed by atoms with Crippen LogP contribution in [0.25, 0.3) is 0 Å². The molecule has 10 unspecified atom stereocenters. The predicted molar refractivity (Wildman–Crippen MR) is 139 cm³/mol. The van der Waals surface area contributed by atoms with Crippen LogP contribution in [0.3, 0.4) is 0 Å². The lowest BCUT2D eigenvalue weighted by Gasteiger charge is -2.70. The van der Waals surface area contributed by atoms with E-state index in [0.717, 1.165) is 32.1 Å². The number of hydrogen-bond acceptors (Lipinski definition) is 2. The van der Waals surface area contributed by atoms with Crippen molar-refractivity contribution in [1.82, 2.24) is 0 Å². The van der Waals surface area contributed by atoms with Gasteiger partial charge in [-0.3, -0.25) is 0 Å². The molecule has 0 aromatic carbocycles. The topological polar surface area (TPSA) is 40.5 Å². The number of aliphatic hydroxyl groups excluding tert-OH is 2. The van der Waals surface area contributed by atoms with E-state index in [1.807, 2.05) is 0 Å². The SMILES string of the molecule is C=C(C)C(C)CCC(=C)C1CC(O)C2(C)C1CCC1C3(C)CCC(O)C(C)(C)C3CCC12C. The fraction of sp³-hybridized carbons (Fsp3) is 0.871. The lowest BCUT2D eigenvalue weighted by molar-refractivity contribution is -0.235. The molecule has 0 heterocycles. The normalized spacial score (nSPS) is 49.5. The first kappa shape index (κ1) is 25.5. The summed E-state index contributed by atoms with van der Waals surface area (Å²) in [4.78, 5) is 0. The van der Waals surface area contributed by atoms with E-state index in [4.69, 9.17) is 0 Å². The maximum atomic E-state index is 11.7. The fourth-order valence-corrected chi connectivity index (χ4v) is 10.1. The largest absolute Gasteiger partial charge is 0.393 e. The Labute approximate surface area is 204 Å². The summed E-state index contributed by atoms with van der Waals surface area (Å²) in [6.45, 7) is 25.3. The molecule has 4 fully saturated rings. The van der Waals surface area contributed by atoms with Gasteiger partial charge in [0.05, 0.1) is 12.2 Å². The van der Waals surface area contributed by atoms with Crippen LogP contribution >= 0.6 is 0 Å². The highest BCUT2D eigenvalue weighted by atomic mass is 16.3. The van der Waals surface area contributed by atoms with Crippen molar-refractivity contribution in [2.75, 3.05) is 0 Å². The van der Waals surface area contributed by atoms with Crippen LogP contribution in [-0.4, -0.2) is 22.4 Å². The highest BCUT2D eigenvalue weighted by molar-refractivity contribution is 5.23. The summed E-state index contributed by atoms with van der Waals surface area (Å²) in [5, 5.41) is 22.6. The number of aliphatic hydroxyl groups is 2. The van der Waals surface area contributed by atoms with Crippen molar-refractivity contribution in [1.29, 1.82) is 0 Å². The van der Waals surface area contributed by atoms with Crippen LogP contribution < -0.4 is 0 Å². The molecule has 2 heteroatoms. The number of rotatable bonds is 5. The van der Waals surface area contributed by atoms with Crippen molar-refractivity contribution in [3.8, 4) is 0 Å². The zero-order chi connectivity index (χ0) is 24.6. The fourth-order valence-electron chi connectivity index (χ4n) is 10.1. The average molecular weight is 457 g/mol. The van der Waals surface area contributed by atoms with Crippen LogP contribution in [0.2, 0.25) is 0 Å². The van der Waals surface area contributed by atoms with Gasteiger partial charge in [-0.25, -0.2) is 0 Å². The molecule has 4 saturated carbocycles. The molecule has 0 bridgehead atoms. The van der Waals surface area contributed by atoms with Gasteiger partial charge in [-0.1, -0.05) is 65.8 Å². The minimum absolute atomic E-state index is 0.0167. The first-order valence-electron chi connectivity index (χ1n) is 13.9. The molecule has 0 aliphatic heterocycles. The van der Waals surface area contributed by atoms with Gasteiger partial charge in [0.1, 0.15) is 0 Å². The summed E-state index contributed by atoms with van der Waals surface area (Å²) in [6.07, 6.45) is 9.58. The lowest BCUT2D eigenvalue weighted by atomic mass is 9.35. The Balaban J connectivity index is 1.61. The third kappa shape index (κ3) is 3.47. The van der Waals surface area contributed by atoms with Crippen molar-refractivity contribution in [2.24, 2.45) is 51.2 Å². The molecule has 2 N–H and O–H groups in total. The molecule has 4 aliphatic rings. The minimum atomic E-state index is -0.238. The highest BCUT2D eigenvalue weighted by Crippen LogP contribution is 2.75. The van der Waals surface area contributed by atoms with Gasteiger partial charge in [-0.2, -0.15) is 0 Å². The minimum Gasteiger partial charge on any atom is -0.393 e. The second-order valence-electron chi connectivity index (χ2n) is 14.2. The smallest absolute Gasteiger partial charge is 0.0607 e. The van der Waals surface area contributed by atoms with Gasteiger partial charge in [-0.05, 0) is 111 Å². The molecule has 0 aromatic heterocycles. The van der Waals surface area contributed by atoms with Crippen LogP contribution in [0.15, 0.2) is 24.3 Å². The molecule has 10 atom stereocenters. The Morgan fingerprint density at radius 3 is 2.21 bits per heavy atom. The highest BCUT2D eigenvalue weighted by Gasteiger charge is 2.70. The molecular weight excluding hydrogens is 404 g/mol. The van der Waals surface area contributed by atoms with Gasteiger partial charge < -0.3 is 10.2 Å². The third-order valence-electron chi connectivity index (χ3n) is 12.7. The molecule has 0 radical (unpaired) electrons. The summed E-state index contributed by atoms with van der Waals surface area (Å²) in [6, 6.07) is 0. The van der Waals surface area contributed by atoms with E-state index < -0.39 is 0 Å². The standard InChI is InChI=1S/C31H52O2/c1-19(2)20(3)10-11-21(4)22-18-27(33)31(9)23(22)12-13-25-29(7)16-15-26(32)28(5,6)24(29)14-17-30(25,31)8/h20,22-27,32-33H,1,4,10-18H2,2-3,5-9H3. The molecule has 4 aliphatic carbocycles. The zero-order valence-corrected chi connectivity index (χ0v) is 22.7. The quantitative estimate of drug-likeness (QED) is 0.419. The predicted octanol–water partition coefficient (Wildman–Crippen LogP) is 7.55. The molecule has 0 aromatic rings. The first-order chi connectivity index (χ1) is 15.2. The molecule has 188 valence electrons. The van der Waals surface area contributed by atoms with Gasteiger partial charge >= 0.3 is 0 Å². The van der Waals surface area contributed by atoms with E-state index in [1.165, 1.54) is 36.8 Å². The number of hydrogen-bond donors (Lipinski definition) is 2. The van der Waals surface area contributed by atoms with Crippen molar-refractivity contribution >= 4 is 0 Å². The van der Waals surface area contributed by atoms with Gasteiger partial charge in [-0.15, -0.1) is 0 Å². The van der Waals surface area contributed by atoms with Gasteiger partial charge in [0.25, 0.3) is 0 Å². The Kier molecular flexibility index (Phi) is 6.35. The average Bonchev–Trinajstić information content (AvgIpc) is 3.01. The number of allylic oxidation sites excluding steroid dienone is 2. The van der Waals surface area contributed by atoms with Crippen molar-refractivity contribution in [3.63, 3.8) is 0 Å². The van der Waals surface area contributed by atoms with Crippen LogP contribution in [0.5, 0.6) is 0 Å². The van der Waals surface area contributed by atoms with Crippen molar-refractivity contribution in [2.45, 2.75) is 118 Å². The summed E-state index contributed by atoms with van der Waals surface area (Å²) in [7, 11) is 0. The summed E-state index contributed by atoms with van der Waals surface area (Å²) in [5.41, 5.74) is 2.99. The Bertz CT molecular complexity index is 797. The van der Waals surface area contributed by atoms with E-state index in [1.54, 1.807) is 0 Å². The van der Waals surface area contributed by atoms with Gasteiger partial charge in [0.15, 0.2) is 0 Å². The van der Waals surface area contributed by atoms with Crippen LogP contribution in [0.1, 0.15) is 106 Å². The van der Waals surface area contributed by atoms with Gasteiger partial charge in [0, 0.05) is 5.41 Å².